The van der Waals surface area contributed by atoms with E-state index in [4.69, 9.17) is 0 Å². The molecule has 228 valence electrons. The van der Waals surface area contributed by atoms with Crippen LogP contribution in [0, 0.1) is 11.6 Å². The predicted octanol–water partition coefficient (Wildman–Crippen LogP) is 4.23. The molecule has 2 aliphatic rings. The molecule has 1 unspecified atom stereocenters. The zero-order valence-electron chi connectivity index (χ0n) is 24.8. The molecule has 1 saturated heterocycles. The Morgan fingerprint density at radius 1 is 0.778 bits per heavy atom. The van der Waals surface area contributed by atoms with Crippen LogP contribution in [0.4, 0.5) is 8.78 Å². The quantitative estimate of drug-likeness (QED) is 0.279. The topological polar surface area (TPSA) is 62.7 Å². The summed E-state index contributed by atoms with van der Waals surface area (Å²) >= 11 is 0. The van der Waals surface area contributed by atoms with Crippen molar-refractivity contribution < 1.29 is 23.7 Å². The summed E-state index contributed by atoms with van der Waals surface area (Å²) in [4.78, 5) is 21.9. The van der Waals surface area contributed by atoms with Gasteiger partial charge < -0.3 is 14.6 Å². The fraction of sp³-hybridized carbons (Fsp3) is 0.243. The molecular weight excluding hydrogens is 570 g/mol. The number of piperidine rings is 1. The van der Waals surface area contributed by atoms with Crippen molar-refractivity contribution in [2.75, 3.05) is 26.2 Å². The number of benzene rings is 4. The van der Waals surface area contributed by atoms with Gasteiger partial charge in [0.2, 0.25) is 0 Å². The van der Waals surface area contributed by atoms with Crippen molar-refractivity contribution in [3.8, 4) is 0 Å². The zero-order chi connectivity index (χ0) is 31.0. The van der Waals surface area contributed by atoms with E-state index in [1.165, 1.54) is 35.2 Å². The minimum absolute atomic E-state index is 0.0579. The number of amides is 1. The highest BCUT2D eigenvalue weighted by atomic mass is 19.1. The molecule has 6 nitrogen and oxygen atoms in total. The van der Waals surface area contributed by atoms with E-state index < -0.39 is 23.3 Å². The number of halogens is 2. The summed E-state index contributed by atoms with van der Waals surface area (Å²) in [6.07, 6.45) is 3.28. The first-order valence-corrected chi connectivity index (χ1v) is 15.4. The number of carbonyl (C=O) groups is 1. The van der Waals surface area contributed by atoms with Gasteiger partial charge >= 0.3 is 5.91 Å². The number of rotatable bonds is 8. The van der Waals surface area contributed by atoms with E-state index in [0.717, 1.165) is 31.5 Å². The maximum absolute atomic E-state index is 14.6. The van der Waals surface area contributed by atoms with Gasteiger partial charge in [-0.1, -0.05) is 60.7 Å². The van der Waals surface area contributed by atoms with Crippen LogP contribution < -0.4 is 4.99 Å². The Hall–Kier alpha value is -4.66. The second kappa shape index (κ2) is 12.0. The van der Waals surface area contributed by atoms with Crippen molar-refractivity contribution in [2.45, 2.75) is 30.5 Å². The van der Waals surface area contributed by atoms with E-state index in [9.17, 15) is 18.7 Å². The van der Waals surface area contributed by atoms with Gasteiger partial charge in [-0.05, 0) is 66.8 Å². The average Bonchev–Trinajstić information content (AvgIpc) is 3.62. The Morgan fingerprint density at radius 3 is 2.02 bits per heavy atom. The molecule has 1 aromatic heterocycles. The summed E-state index contributed by atoms with van der Waals surface area (Å²) in [6.45, 7) is 2.16. The lowest BCUT2D eigenvalue weighted by Gasteiger charge is -2.34. The number of likely N-dealkylation sites (tertiary alicyclic amines) is 1. The first-order valence-electron chi connectivity index (χ1n) is 15.4. The van der Waals surface area contributed by atoms with Gasteiger partial charge in [0.05, 0.1) is 5.56 Å². The lowest BCUT2D eigenvalue weighted by Crippen LogP contribution is -2.84. The van der Waals surface area contributed by atoms with E-state index in [-0.39, 0.29) is 12.5 Å². The molecule has 0 radical (unpaired) electrons. The van der Waals surface area contributed by atoms with Crippen LogP contribution in [0.1, 0.15) is 35.6 Å². The Morgan fingerprint density at radius 2 is 1.38 bits per heavy atom. The SMILES string of the molecule is O=C1N(CC(O)CN2CCC(n3ccc4ccccc43)CC2)C(c2ccccc2)=[NH+]C1(c1ccc(F)cc1)c1ccc(F)cc1. The van der Waals surface area contributed by atoms with Crippen molar-refractivity contribution >= 4 is 22.6 Å². The number of aliphatic hydroxyl groups excluding tert-OH is 1. The van der Waals surface area contributed by atoms with E-state index in [1.807, 2.05) is 30.3 Å². The molecule has 0 bridgehead atoms. The van der Waals surface area contributed by atoms with Gasteiger partial charge in [-0.25, -0.2) is 18.6 Å². The molecular formula is C37H35F2N4O2+. The Balaban J connectivity index is 1.14. The van der Waals surface area contributed by atoms with Gasteiger partial charge in [0, 0.05) is 48.5 Å². The Bertz CT molecular complexity index is 1780. The van der Waals surface area contributed by atoms with Crippen LogP contribution in [0.3, 0.4) is 0 Å². The van der Waals surface area contributed by atoms with E-state index in [2.05, 4.69) is 51.0 Å². The molecule has 0 saturated carbocycles. The molecule has 0 spiro atoms. The largest absolute Gasteiger partial charge is 0.388 e. The number of aliphatic hydroxyl groups is 1. The number of fused-ring (bicyclic) bond motifs is 1. The first-order chi connectivity index (χ1) is 21.9. The second-order valence-corrected chi connectivity index (χ2v) is 12.0. The molecule has 0 aliphatic carbocycles. The van der Waals surface area contributed by atoms with Crippen LogP contribution in [0.25, 0.3) is 10.9 Å². The molecule has 8 heteroatoms. The lowest BCUT2D eigenvalue weighted by molar-refractivity contribution is -0.524. The lowest BCUT2D eigenvalue weighted by atomic mass is 9.82. The molecule has 5 aromatic rings. The highest BCUT2D eigenvalue weighted by Gasteiger charge is 2.58. The number of aromatic nitrogens is 1. The van der Waals surface area contributed by atoms with Crippen LogP contribution in [0.15, 0.2) is 115 Å². The fourth-order valence-electron chi connectivity index (χ4n) is 6.93. The number of nitrogens with one attached hydrogen (secondary N) is 1. The highest BCUT2D eigenvalue weighted by Crippen LogP contribution is 2.32. The van der Waals surface area contributed by atoms with Crippen molar-refractivity contribution in [1.82, 2.24) is 14.4 Å². The smallest absolute Gasteiger partial charge is 0.367 e. The van der Waals surface area contributed by atoms with Crippen molar-refractivity contribution in [3.05, 3.63) is 144 Å². The van der Waals surface area contributed by atoms with Crippen LogP contribution >= 0.6 is 0 Å². The Labute approximate surface area is 260 Å². The number of hydrogen-bond donors (Lipinski definition) is 2. The number of amidine groups is 1. The second-order valence-electron chi connectivity index (χ2n) is 12.0. The molecule has 7 rings (SSSR count). The van der Waals surface area contributed by atoms with Crippen molar-refractivity contribution in [3.63, 3.8) is 0 Å². The molecule has 1 atom stereocenters. The maximum atomic E-state index is 14.6. The first kappa shape index (κ1) is 29.1. The standard InChI is InChI=1S/C37H34F2N4O2/c38-30-14-10-28(11-15-30)37(29-12-16-31(39)17-13-29)36(45)43(35(40-37)27-7-2-1-3-8-27)25-33(44)24-41-21-19-32(20-22-41)42-23-18-26-6-4-5-9-34(26)42/h1-18,23,32-33,44H,19-22,24-25H2/p+1. The molecule has 4 aromatic carbocycles. The zero-order valence-corrected chi connectivity index (χ0v) is 24.8. The average molecular weight is 606 g/mol. The van der Waals surface area contributed by atoms with Gasteiger partial charge in [-0.15, -0.1) is 0 Å². The predicted molar refractivity (Wildman–Crippen MR) is 169 cm³/mol. The monoisotopic (exact) mass is 605 g/mol. The molecule has 2 aliphatic heterocycles. The summed E-state index contributed by atoms with van der Waals surface area (Å²) in [6, 6.07) is 32.0. The fourth-order valence-corrected chi connectivity index (χ4v) is 6.93. The molecule has 2 N–H and O–H groups in total. The van der Waals surface area contributed by atoms with E-state index >= 15 is 0 Å². The molecule has 45 heavy (non-hydrogen) atoms. The number of β-amino-alcohol motifs (C(OH)–C–C–N with tert-alkyl or cyclic N) is 1. The van der Waals surface area contributed by atoms with Crippen LogP contribution in [0.5, 0.6) is 0 Å². The minimum Gasteiger partial charge on any atom is -0.388 e. The maximum Gasteiger partial charge on any atom is 0.367 e. The molecule has 1 fully saturated rings. The van der Waals surface area contributed by atoms with E-state index in [0.29, 0.717) is 29.5 Å². The third kappa shape index (κ3) is 5.45. The Kier molecular flexibility index (Phi) is 7.77. The highest BCUT2D eigenvalue weighted by molar-refractivity contribution is 6.11. The van der Waals surface area contributed by atoms with Crippen LogP contribution in [-0.2, 0) is 10.3 Å². The number of carbonyl (C=O) groups excluding carboxylic acids is 1. The van der Waals surface area contributed by atoms with Crippen LogP contribution in [0.2, 0.25) is 0 Å². The van der Waals surface area contributed by atoms with E-state index in [1.54, 1.807) is 29.2 Å². The summed E-state index contributed by atoms with van der Waals surface area (Å²) in [5, 5.41) is 12.7. The number of para-hydroxylation sites is 1. The third-order valence-corrected chi connectivity index (χ3v) is 9.19. The van der Waals surface area contributed by atoms with Gasteiger partial charge in [-0.2, -0.15) is 4.90 Å². The van der Waals surface area contributed by atoms with Gasteiger partial charge in [0.25, 0.3) is 11.4 Å². The van der Waals surface area contributed by atoms with Gasteiger partial charge in [0.1, 0.15) is 24.3 Å². The summed E-state index contributed by atoms with van der Waals surface area (Å²) in [5.41, 5.74) is 1.61. The van der Waals surface area contributed by atoms with Gasteiger partial charge in [-0.3, -0.25) is 0 Å². The van der Waals surface area contributed by atoms with Crippen molar-refractivity contribution in [2.24, 2.45) is 0 Å². The minimum atomic E-state index is -1.44. The summed E-state index contributed by atoms with van der Waals surface area (Å²) < 4.78 is 30.4. The molecule has 1 amide bonds. The number of nitrogens with zero attached hydrogens (tertiary/aromatic N) is 3. The third-order valence-electron chi connectivity index (χ3n) is 9.19. The summed E-state index contributed by atoms with van der Waals surface area (Å²) in [5.74, 6) is -0.637. The normalized spacial score (nSPS) is 18.0. The molecule has 3 heterocycles. The van der Waals surface area contributed by atoms with Crippen molar-refractivity contribution in [1.29, 1.82) is 0 Å². The number of hydrogen-bond acceptors (Lipinski definition) is 3. The summed E-state index contributed by atoms with van der Waals surface area (Å²) in [7, 11) is 0. The van der Waals surface area contributed by atoms with Gasteiger partial charge in [0.15, 0.2) is 0 Å². The van der Waals surface area contributed by atoms with Crippen LogP contribution in [-0.4, -0.2) is 63.5 Å².